The molecule has 0 radical (unpaired) electrons. The van der Waals surface area contributed by atoms with E-state index in [1.165, 1.54) is 87.0 Å². The van der Waals surface area contributed by atoms with Crippen molar-refractivity contribution < 1.29 is 9.98 Å². The van der Waals surface area contributed by atoms with Gasteiger partial charge in [-0.05, 0) is 63.5 Å². The molecule has 1 aromatic rings. The van der Waals surface area contributed by atoms with Crippen molar-refractivity contribution in [3.8, 4) is 0 Å². The summed E-state index contributed by atoms with van der Waals surface area (Å²) >= 11 is 0. The Bertz CT molecular complexity index is 552. The SMILES string of the molecule is c1ccc2c(c1)C(=[NH+]C1CCCCC1)NC2=[NH+]C1CCCCC1. The van der Waals surface area contributed by atoms with Gasteiger partial charge >= 0.3 is 0 Å². The maximum atomic E-state index is 3.79. The molecule has 1 aromatic carbocycles. The minimum absolute atomic E-state index is 0.633. The fraction of sp³-hybridized carbons (Fsp3) is 0.600. The Labute approximate surface area is 139 Å². The van der Waals surface area contributed by atoms with Crippen molar-refractivity contribution in [3.63, 3.8) is 0 Å². The van der Waals surface area contributed by atoms with Crippen LogP contribution in [-0.4, -0.2) is 23.8 Å². The lowest BCUT2D eigenvalue weighted by atomic mass is 9.96. The maximum absolute atomic E-state index is 3.79. The predicted octanol–water partition coefficient (Wildman–Crippen LogP) is 0.610. The fourth-order valence-corrected chi connectivity index (χ4v) is 4.31. The lowest BCUT2D eigenvalue weighted by molar-refractivity contribution is -0.513. The smallest absolute Gasteiger partial charge is 0.271 e. The van der Waals surface area contributed by atoms with Crippen LogP contribution in [0.1, 0.15) is 75.3 Å². The highest BCUT2D eigenvalue weighted by atomic mass is 15.1. The van der Waals surface area contributed by atoms with E-state index in [9.17, 15) is 0 Å². The Kier molecular flexibility index (Phi) is 4.45. The Hall–Kier alpha value is -1.64. The van der Waals surface area contributed by atoms with Crippen LogP contribution in [0, 0.1) is 0 Å². The zero-order valence-electron chi connectivity index (χ0n) is 14.0. The van der Waals surface area contributed by atoms with Crippen LogP contribution in [0.4, 0.5) is 0 Å². The van der Waals surface area contributed by atoms with E-state index in [1.807, 2.05) is 0 Å². The van der Waals surface area contributed by atoms with Crippen LogP contribution in [0.2, 0.25) is 0 Å². The molecule has 3 aliphatic rings. The molecule has 0 bridgehead atoms. The molecular formula is C20H29N3+2. The van der Waals surface area contributed by atoms with E-state index < -0.39 is 0 Å². The van der Waals surface area contributed by atoms with Gasteiger partial charge in [0.05, 0.1) is 23.2 Å². The molecule has 4 rings (SSSR count). The largest absolute Gasteiger partial charge is 0.284 e. The van der Waals surface area contributed by atoms with Gasteiger partial charge < -0.3 is 0 Å². The second-order valence-corrected chi connectivity index (χ2v) is 7.38. The molecule has 2 fully saturated rings. The van der Waals surface area contributed by atoms with Crippen LogP contribution in [0.5, 0.6) is 0 Å². The van der Waals surface area contributed by atoms with E-state index in [0.29, 0.717) is 12.1 Å². The molecular weight excluding hydrogens is 282 g/mol. The summed E-state index contributed by atoms with van der Waals surface area (Å²) in [6.45, 7) is 0. The molecule has 0 unspecified atom stereocenters. The van der Waals surface area contributed by atoms with Crippen LogP contribution >= 0.6 is 0 Å². The monoisotopic (exact) mass is 311 g/mol. The lowest BCUT2D eigenvalue weighted by Gasteiger charge is -2.16. The molecule has 122 valence electrons. The molecule has 2 aliphatic carbocycles. The number of rotatable bonds is 2. The highest BCUT2D eigenvalue weighted by molar-refractivity contribution is 6.21. The first-order valence-corrected chi connectivity index (χ1v) is 9.54. The zero-order valence-corrected chi connectivity index (χ0v) is 14.0. The summed E-state index contributed by atoms with van der Waals surface area (Å²) in [5.41, 5.74) is 2.66. The van der Waals surface area contributed by atoms with Gasteiger partial charge in [-0.1, -0.05) is 25.0 Å². The molecule has 3 nitrogen and oxygen atoms in total. The van der Waals surface area contributed by atoms with Gasteiger partial charge in [-0.15, -0.1) is 0 Å². The van der Waals surface area contributed by atoms with E-state index in [4.69, 9.17) is 0 Å². The van der Waals surface area contributed by atoms with Crippen LogP contribution < -0.4 is 15.3 Å². The minimum Gasteiger partial charge on any atom is -0.271 e. The highest BCUT2D eigenvalue weighted by Gasteiger charge is 2.33. The minimum atomic E-state index is 0.633. The van der Waals surface area contributed by atoms with E-state index in [-0.39, 0.29) is 0 Å². The molecule has 3 N–H and O–H groups in total. The van der Waals surface area contributed by atoms with Gasteiger partial charge in [-0.2, -0.15) is 0 Å². The normalized spacial score (nSPS) is 26.4. The third kappa shape index (κ3) is 3.34. The van der Waals surface area contributed by atoms with Crippen molar-refractivity contribution in [2.45, 2.75) is 76.3 Å². The van der Waals surface area contributed by atoms with Crippen molar-refractivity contribution in [2.75, 3.05) is 0 Å². The van der Waals surface area contributed by atoms with Gasteiger partial charge in [-0.25, -0.2) is 5.32 Å². The van der Waals surface area contributed by atoms with E-state index in [0.717, 1.165) is 0 Å². The standard InChI is InChI=1S/C20H27N3/c1-3-9-15(10-4-1)21-19-17-13-7-8-14-18(17)20(23-19)22-16-11-5-2-6-12-16/h7-8,13-16H,1-6,9-12H2,(H,21,22,23)/p+2. The van der Waals surface area contributed by atoms with Crippen LogP contribution in [0.25, 0.3) is 0 Å². The summed E-state index contributed by atoms with van der Waals surface area (Å²) in [5, 5.41) is 3.66. The summed E-state index contributed by atoms with van der Waals surface area (Å²) in [5.74, 6) is 2.43. The van der Waals surface area contributed by atoms with Crippen molar-refractivity contribution >= 4 is 11.7 Å². The van der Waals surface area contributed by atoms with Gasteiger partial charge in [0, 0.05) is 0 Å². The Morgan fingerprint density at radius 3 is 1.52 bits per heavy atom. The average Bonchev–Trinajstić information content (AvgIpc) is 2.95. The molecule has 1 heterocycles. The fourth-order valence-electron chi connectivity index (χ4n) is 4.31. The Morgan fingerprint density at radius 1 is 0.652 bits per heavy atom. The molecule has 1 aliphatic heterocycles. The molecule has 23 heavy (non-hydrogen) atoms. The second-order valence-electron chi connectivity index (χ2n) is 7.38. The van der Waals surface area contributed by atoms with Crippen LogP contribution in [0.15, 0.2) is 24.3 Å². The highest BCUT2D eigenvalue weighted by Crippen LogP contribution is 2.17. The third-order valence-corrected chi connectivity index (χ3v) is 5.62. The van der Waals surface area contributed by atoms with Crippen molar-refractivity contribution in [2.24, 2.45) is 0 Å². The van der Waals surface area contributed by atoms with Gasteiger partial charge in [0.25, 0.3) is 11.7 Å². The van der Waals surface area contributed by atoms with Gasteiger partial charge in [0.2, 0.25) is 0 Å². The van der Waals surface area contributed by atoms with E-state index >= 15 is 0 Å². The van der Waals surface area contributed by atoms with Gasteiger partial charge in [0.1, 0.15) is 0 Å². The second kappa shape index (κ2) is 6.86. The number of benzene rings is 1. The quantitative estimate of drug-likeness (QED) is 0.736. The summed E-state index contributed by atoms with van der Waals surface area (Å²) < 4.78 is 0. The first kappa shape index (κ1) is 14.9. The van der Waals surface area contributed by atoms with Crippen molar-refractivity contribution in [3.05, 3.63) is 35.4 Å². The van der Waals surface area contributed by atoms with Crippen molar-refractivity contribution in [1.82, 2.24) is 5.32 Å². The lowest BCUT2D eigenvalue weighted by Crippen LogP contribution is -2.85. The van der Waals surface area contributed by atoms with Crippen molar-refractivity contribution in [1.29, 1.82) is 0 Å². The molecule has 0 amide bonds. The summed E-state index contributed by atoms with van der Waals surface area (Å²) in [6.07, 6.45) is 13.5. The third-order valence-electron chi connectivity index (χ3n) is 5.62. The first-order chi connectivity index (χ1) is 11.4. The topological polar surface area (TPSA) is 40.0 Å². The summed E-state index contributed by atoms with van der Waals surface area (Å²) in [6, 6.07) is 10.0. The number of hydrogen-bond acceptors (Lipinski definition) is 0. The van der Waals surface area contributed by atoms with E-state index in [2.05, 4.69) is 39.6 Å². The summed E-state index contributed by atoms with van der Waals surface area (Å²) in [7, 11) is 0. The molecule has 0 saturated heterocycles. The number of amidine groups is 2. The Morgan fingerprint density at radius 2 is 1.09 bits per heavy atom. The van der Waals surface area contributed by atoms with E-state index in [1.54, 1.807) is 0 Å². The van der Waals surface area contributed by atoms with Crippen LogP contribution in [-0.2, 0) is 0 Å². The molecule has 0 atom stereocenters. The number of nitrogens with one attached hydrogen (secondary N) is 3. The molecule has 0 aromatic heterocycles. The summed E-state index contributed by atoms with van der Waals surface area (Å²) in [4.78, 5) is 7.57. The predicted molar refractivity (Wildman–Crippen MR) is 93.5 cm³/mol. The maximum Gasteiger partial charge on any atom is 0.284 e. The number of fused-ring (bicyclic) bond motifs is 1. The molecule has 2 saturated carbocycles. The molecule has 3 heteroatoms. The molecule has 0 spiro atoms. The van der Waals surface area contributed by atoms with Gasteiger partial charge in [-0.3, -0.25) is 9.98 Å². The average molecular weight is 311 g/mol. The first-order valence-electron chi connectivity index (χ1n) is 9.54. The zero-order chi connectivity index (χ0) is 15.5. The Balaban J connectivity index is 1.60. The van der Waals surface area contributed by atoms with Gasteiger partial charge in [0.15, 0.2) is 0 Å². The number of hydrogen-bond donors (Lipinski definition) is 3. The van der Waals surface area contributed by atoms with Crippen LogP contribution in [0.3, 0.4) is 0 Å².